The number of hydrogen-bond acceptors (Lipinski definition) is 5. The van der Waals surface area contributed by atoms with E-state index in [9.17, 15) is 9.59 Å². The molecule has 2 amide bonds. The van der Waals surface area contributed by atoms with E-state index in [4.69, 9.17) is 9.47 Å². The fraction of sp³-hybridized carbons (Fsp3) is 0.333. The second kappa shape index (κ2) is 6.74. The first-order chi connectivity index (χ1) is 13.6. The maximum absolute atomic E-state index is 12.7. The van der Waals surface area contributed by atoms with Crippen molar-refractivity contribution in [3.8, 4) is 11.5 Å². The molecule has 2 heterocycles. The fourth-order valence-electron chi connectivity index (χ4n) is 3.89. The van der Waals surface area contributed by atoms with Crippen LogP contribution in [-0.4, -0.2) is 23.4 Å². The highest BCUT2D eigenvalue weighted by molar-refractivity contribution is 8.00. The second-order valence-electron chi connectivity index (χ2n) is 7.34. The highest BCUT2D eigenvalue weighted by Gasteiger charge is 2.42. The summed E-state index contributed by atoms with van der Waals surface area (Å²) in [5, 5.41) is 5.71. The molecule has 28 heavy (non-hydrogen) atoms. The summed E-state index contributed by atoms with van der Waals surface area (Å²) in [6, 6.07) is 10.8. The molecular weight excluding hydrogens is 376 g/mol. The zero-order valence-corrected chi connectivity index (χ0v) is 16.1. The van der Waals surface area contributed by atoms with Crippen LogP contribution in [0.15, 0.2) is 41.3 Å². The Balaban J connectivity index is 1.32. The lowest BCUT2D eigenvalue weighted by molar-refractivity contribution is -0.113. The number of anilines is 2. The van der Waals surface area contributed by atoms with E-state index in [1.54, 1.807) is 12.1 Å². The maximum Gasteiger partial charge on any atom is 0.255 e. The molecule has 2 aliphatic heterocycles. The van der Waals surface area contributed by atoms with E-state index < -0.39 is 5.79 Å². The third kappa shape index (κ3) is 3.20. The zero-order valence-electron chi connectivity index (χ0n) is 15.2. The Kier molecular flexibility index (Phi) is 4.19. The number of nitrogens with one attached hydrogen (secondary N) is 2. The largest absolute Gasteiger partial charge is 0.448 e. The number of amides is 2. The van der Waals surface area contributed by atoms with Gasteiger partial charge in [-0.1, -0.05) is 6.42 Å². The van der Waals surface area contributed by atoms with Crippen molar-refractivity contribution >= 4 is 35.0 Å². The van der Waals surface area contributed by atoms with Crippen LogP contribution in [0.1, 0.15) is 42.5 Å². The number of hydrogen-bond donors (Lipinski definition) is 2. The number of benzene rings is 2. The van der Waals surface area contributed by atoms with Crippen LogP contribution in [0.4, 0.5) is 11.4 Å². The van der Waals surface area contributed by atoms with Gasteiger partial charge in [0.2, 0.25) is 5.91 Å². The normalized spacial score (nSPS) is 19.1. The Morgan fingerprint density at radius 1 is 1.04 bits per heavy atom. The molecule has 0 bridgehead atoms. The number of carbonyl (C=O) groups excluding carboxylic acids is 2. The number of carbonyl (C=O) groups is 2. The molecular formula is C21H20N2O4S. The van der Waals surface area contributed by atoms with Crippen molar-refractivity contribution in [3.63, 3.8) is 0 Å². The van der Waals surface area contributed by atoms with Gasteiger partial charge in [0.25, 0.3) is 11.7 Å². The maximum atomic E-state index is 12.7. The van der Waals surface area contributed by atoms with E-state index in [2.05, 4.69) is 10.6 Å². The fourth-order valence-corrected chi connectivity index (χ4v) is 4.68. The van der Waals surface area contributed by atoms with E-state index in [0.717, 1.165) is 36.3 Å². The van der Waals surface area contributed by atoms with E-state index in [1.807, 2.05) is 24.3 Å². The van der Waals surface area contributed by atoms with Crippen molar-refractivity contribution in [1.29, 1.82) is 0 Å². The standard InChI is InChI=1S/C21H20N2O4S/c24-19-12-28-18-7-4-13(10-15(18)23-19)20(25)22-14-5-6-16-17(11-14)27-21(26-16)8-2-1-3-9-21/h4-7,10-11H,1-3,8-9,12H2,(H,22,25)(H,23,24). The Labute approximate surface area is 167 Å². The van der Waals surface area contributed by atoms with Gasteiger partial charge >= 0.3 is 0 Å². The number of rotatable bonds is 2. The minimum absolute atomic E-state index is 0.0533. The molecule has 7 heteroatoms. The molecule has 2 aromatic rings. The molecule has 3 aliphatic rings. The van der Waals surface area contributed by atoms with Crippen LogP contribution in [0.2, 0.25) is 0 Å². The lowest BCUT2D eigenvalue weighted by Crippen LogP contribution is -2.40. The van der Waals surface area contributed by atoms with Gasteiger partial charge in [-0.15, -0.1) is 11.8 Å². The highest BCUT2D eigenvalue weighted by atomic mass is 32.2. The zero-order chi connectivity index (χ0) is 19.1. The molecule has 1 saturated carbocycles. The van der Waals surface area contributed by atoms with E-state index >= 15 is 0 Å². The van der Waals surface area contributed by atoms with Crippen LogP contribution in [0.3, 0.4) is 0 Å². The van der Waals surface area contributed by atoms with Crippen molar-refractivity contribution < 1.29 is 19.1 Å². The minimum atomic E-state index is -0.530. The van der Waals surface area contributed by atoms with Gasteiger partial charge in [-0.3, -0.25) is 9.59 Å². The molecule has 6 nitrogen and oxygen atoms in total. The molecule has 1 fully saturated rings. The van der Waals surface area contributed by atoms with Gasteiger partial charge in [0.15, 0.2) is 11.5 Å². The lowest BCUT2D eigenvalue weighted by Gasteiger charge is -2.31. The van der Waals surface area contributed by atoms with Crippen LogP contribution < -0.4 is 20.1 Å². The smallest absolute Gasteiger partial charge is 0.255 e. The van der Waals surface area contributed by atoms with Gasteiger partial charge in [0.1, 0.15) is 0 Å². The summed E-state index contributed by atoms with van der Waals surface area (Å²) in [6.45, 7) is 0. The van der Waals surface area contributed by atoms with Crippen LogP contribution in [0, 0.1) is 0 Å². The minimum Gasteiger partial charge on any atom is -0.448 e. The topological polar surface area (TPSA) is 76.7 Å². The second-order valence-corrected chi connectivity index (χ2v) is 8.36. The SMILES string of the molecule is O=C1CSc2ccc(C(=O)Nc3ccc4c(c3)OC3(CCCCC3)O4)cc2N1. The molecule has 144 valence electrons. The van der Waals surface area contributed by atoms with Crippen LogP contribution in [0.25, 0.3) is 0 Å². The Bertz CT molecular complexity index is 969. The molecule has 0 atom stereocenters. The predicted molar refractivity (Wildman–Crippen MR) is 107 cm³/mol. The highest BCUT2D eigenvalue weighted by Crippen LogP contribution is 2.46. The first-order valence-corrected chi connectivity index (χ1v) is 10.5. The summed E-state index contributed by atoms with van der Waals surface area (Å²) in [5.41, 5.74) is 1.82. The molecule has 2 aromatic carbocycles. The molecule has 2 N–H and O–H groups in total. The summed E-state index contributed by atoms with van der Waals surface area (Å²) in [6.07, 6.45) is 5.20. The quantitative estimate of drug-likeness (QED) is 0.786. The van der Waals surface area contributed by atoms with Crippen molar-refractivity contribution in [1.82, 2.24) is 0 Å². The Hall–Kier alpha value is -2.67. The molecule has 1 aliphatic carbocycles. The summed E-state index contributed by atoms with van der Waals surface area (Å²) in [5.74, 6) is 0.984. The molecule has 1 spiro atoms. The van der Waals surface area contributed by atoms with Gasteiger partial charge in [-0.25, -0.2) is 0 Å². The number of ether oxygens (including phenoxy) is 2. The van der Waals surface area contributed by atoms with Crippen LogP contribution in [0.5, 0.6) is 11.5 Å². The first-order valence-electron chi connectivity index (χ1n) is 9.50. The van der Waals surface area contributed by atoms with Gasteiger partial charge in [-0.2, -0.15) is 0 Å². The van der Waals surface area contributed by atoms with E-state index in [-0.39, 0.29) is 11.8 Å². The van der Waals surface area contributed by atoms with E-state index in [0.29, 0.717) is 28.4 Å². The Morgan fingerprint density at radius 2 is 1.86 bits per heavy atom. The molecule has 5 rings (SSSR count). The van der Waals surface area contributed by atoms with Gasteiger partial charge in [-0.05, 0) is 43.2 Å². The summed E-state index contributed by atoms with van der Waals surface area (Å²) >= 11 is 1.47. The summed E-state index contributed by atoms with van der Waals surface area (Å²) < 4.78 is 12.2. The monoisotopic (exact) mass is 396 g/mol. The predicted octanol–water partition coefficient (Wildman–Crippen LogP) is 4.41. The van der Waals surface area contributed by atoms with Crippen molar-refractivity contribution in [2.24, 2.45) is 0 Å². The van der Waals surface area contributed by atoms with Crippen LogP contribution >= 0.6 is 11.8 Å². The average Bonchev–Trinajstić information content (AvgIpc) is 3.04. The number of thioether (sulfide) groups is 1. The summed E-state index contributed by atoms with van der Waals surface area (Å²) in [7, 11) is 0. The molecule has 0 saturated heterocycles. The van der Waals surface area contributed by atoms with Crippen LogP contribution in [-0.2, 0) is 4.79 Å². The first kappa shape index (κ1) is 17.4. The van der Waals surface area contributed by atoms with Crippen molar-refractivity contribution in [3.05, 3.63) is 42.0 Å². The van der Waals surface area contributed by atoms with E-state index in [1.165, 1.54) is 18.2 Å². The Morgan fingerprint density at radius 3 is 2.71 bits per heavy atom. The van der Waals surface area contributed by atoms with Crippen molar-refractivity contribution in [2.45, 2.75) is 42.8 Å². The third-order valence-corrected chi connectivity index (χ3v) is 6.36. The summed E-state index contributed by atoms with van der Waals surface area (Å²) in [4.78, 5) is 25.2. The van der Waals surface area contributed by atoms with Gasteiger partial charge in [0.05, 0.1) is 11.4 Å². The molecule has 0 unspecified atom stereocenters. The average molecular weight is 396 g/mol. The van der Waals surface area contributed by atoms with Gasteiger partial charge < -0.3 is 20.1 Å². The van der Waals surface area contributed by atoms with Gasteiger partial charge in [0, 0.05) is 35.1 Å². The third-order valence-electron chi connectivity index (χ3n) is 5.28. The number of fused-ring (bicyclic) bond motifs is 2. The van der Waals surface area contributed by atoms with Crippen molar-refractivity contribution in [2.75, 3.05) is 16.4 Å². The lowest BCUT2D eigenvalue weighted by atomic mass is 9.94. The molecule has 0 aromatic heterocycles. The molecule has 0 radical (unpaired) electrons.